The zero-order valence-electron chi connectivity index (χ0n) is 10.5. The average Bonchev–Trinajstić information content (AvgIpc) is 2.68. The van der Waals surface area contributed by atoms with Gasteiger partial charge in [0, 0.05) is 31.7 Å². The van der Waals surface area contributed by atoms with E-state index >= 15 is 0 Å². The lowest BCUT2D eigenvalue weighted by Crippen LogP contribution is -2.22. The van der Waals surface area contributed by atoms with Gasteiger partial charge in [-0.05, 0) is 11.6 Å². The van der Waals surface area contributed by atoms with Crippen LogP contribution in [0.15, 0.2) is 18.2 Å². The van der Waals surface area contributed by atoms with Gasteiger partial charge in [-0.25, -0.2) is 0 Å². The first-order chi connectivity index (χ1) is 8.63. The number of β-amino-alcohol motifs (C(OH)–C–C–N with tert-alkyl or cyclic N) is 2. The van der Waals surface area contributed by atoms with Gasteiger partial charge >= 0.3 is 0 Å². The van der Waals surface area contributed by atoms with Crippen molar-refractivity contribution in [2.45, 2.75) is 25.3 Å². The molecule has 0 aliphatic carbocycles. The summed E-state index contributed by atoms with van der Waals surface area (Å²) in [6.45, 7) is 2.14. The highest BCUT2D eigenvalue weighted by Crippen LogP contribution is 2.22. The highest BCUT2D eigenvalue weighted by atomic mass is 16.5. The first-order valence-electron chi connectivity index (χ1n) is 6.08. The Hall–Kier alpha value is -1.14. The van der Waals surface area contributed by atoms with Gasteiger partial charge in [0.2, 0.25) is 0 Å². The number of ether oxygens (including phenoxy) is 1. The summed E-state index contributed by atoms with van der Waals surface area (Å²) in [5.41, 5.74) is 7.68. The first kappa shape index (κ1) is 13.3. The van der Waals surface area contributed by atoms with Crippen LogP contribution in [0.2, 0.25) is 0 Å². The summed E-state index contributed by atoms with van der Waals surface area (Å²) in [5.74, 6) is 0.787. The van der Waals surface area contributed by atoms with E-state index in [-0.39, 0.29) is 0 Å². The van der Waals surface area contributed by atoms with Gasteiger partial charge in [0.1, 0.15) is 5.75 Å². The van der Waals surface area contributed by atoms with Gasteiger partial charge in [0.05, 0.1) is 19.3 Å². The molecule has 100 valence electrons. The SMILES string of the molecule is COc1cc(CN2CC(O)C(O)C2)ccc1CN. The molecular formula is C13H20N2O3. The second kappa shape index (κ2) is 5.67. The Balaban J connectivity index is 2.06. The van der Waals surface area contributed by atoms with Crippen molar-refractivity contribution in [3.8, 4) is 5.75 Å². The number of aliphatic hydroxyl groups excluding tert-OH is 2. The number of hydrogen-bond donors (Lipinski definition) is 3. The van der Waals surface area contributed by atoms with Crippen molar-refractivity contribution in [3.63, 3.8) is 0 Å². The molecule has 5 nitrogen and oxygen atoms in total. The Bertz CT molecular complexity index is 401. The molecule has 1 saturated heterocycles. The number of benzene rings is 1. The molecule has 1 aliphatic heterocycles. The zero-order chi connectivity index (χ0) is 13.1. The molecule has 2 atom stereocenters. The van der Waals surface area contributed by atoms with Crippen LogP contribution in [-0.2, 0) is 13.1 Å². The first-order valence-corrected chi connectivity index (χ1v) is 6.08. The Morgan fingerprint density at radius 1 is 1.33 bits per heavy atom. The summed E-state index contributed by atoms with van der Waals surface area (Å²) in [4.78, 5) is 2.02. The molecule has 1 aromatic rings. The maximum absolute atomic E-state index is 9.50. The second-order valence-electron chi connectivity index (χ2n) is 4.68. The summed E-state index contributed by atoms with van der Waals surface area (Å²) in [5, 5.41) is 19.0. The highest BCUT2D eigenvalue weighted by molar-refractivity contribution is 5.37. The summed E-state index contributed by atoms with van der Waals surface area (Å²) < 4.78 is 5.29. The Kier molecular flexibility index (Phi) is 4.19. The number of aliphatic hydroxyl groups is 2. The summed E-state index contributed by atoms with van der Waals surface area (Å²) in [6, 6.07) is 5.91. The maximum atomic E-state index is 9.50. The van der Waals surface area contributed by atoms with Crippen molar-refractivity contribution in [1.82, 2.24) is 4.90 Å². The predicted octanol–water partition coefficient (Wildman–Crippen LogP) is -0.309. The molecule has 5 heteroatoms. The standard InChI is InChI=1S/C13H20N2O3/c1-18-13-4-9(2-3-10(13)5-14)6-15-7-11(16)12(17)8-15/h2-4,11-12,16-17H,5-8,14H2,1H3. The smallest absolute Gasteiger partial charge is 0.123 e. The molecule has 1 heterocycles. The summed E-state index contributed by atoms with van der Waals surface area (Å²) in [7, 11) is 1.63. The third-order valence-corrected chi connectivity index (χ3v) is 3.31. The number of rotatable bonds is 4. The molecule has 18 heavy (non-hydrogen) atoms. The van der Waals surface area contributed by atoms with Crippen LogP contribution in [0.3, 0.4) is 0 Å². The third-order valence-electron chi connectivity index (χ3n) is 3.31. The molecule has 0 amide bonds. The van der Waals surface area contributed by atoms with Gasteiger partial charge in [-0.3, -0.25) is 4.90 Å². The van der Waals surface area contributed by atoms with Crippen LogP contribution in [-0.4, -0.2) is 47.5 Å². The number of nitrogens with two attached hydrogens (primary N) is 1. The Labute approximate surface area is 107 Å². The molecule has 2 rings (SSSR count). The number of methoxy groups -OCH3 is 1. The fraction of sp³-hybridized carbons (Fsp3) is 0.538. The van der Waals surface area contributed by atoms with Crippen LogP contribution in [0, 0.1) is 0 Å². The van der Waals surface area contributed by atoms with Gasteiger partial charge in [0.25, 0.3) is 0 Å². The van der Waals surface area contributed by atoms with E-state index in [4.69, 9.17) is 10.5 Å². The minimum absolute atomic E-state index is 0.449. The number of hydrogen-bond acceptors (Lipinski definition) is 5. The van der Waals surface area contributed by atoms with E-state index in [2.05, 4.69) is 0 Å². The van der Waals surface area contributed by atoms with Gasteiger partial charge in [-0.2, -0.15) is 0 Å². The van der Waals surface area contributed by atoms with Crippen LogP contribution >= 0.6 is 0 Å². The van der Waals surface area contributed by atoms with Crippen molar-refractivity contribution in [2.75, 3.05) is 20.2 Å². The zero-order valence-corrected chi connectivity index (χ0v) is 10.5. The summed E-state index contributed by atoms with van der Waals surface area (Å²) >= 11 is 0. The molecule has 1 fully saturated rings. The molecule has 1 aliphatic rings. The monoisotopic (exact) mass is 252 g/mol. The minimum atomic E-state index is -0.643. The Morgan fingerprint density at radius 3 is 2.56 bits per heavy atom. The molecule has 0 aromatic heterocycles. The van der Waals surface area contributed by atoms with E-state index in [1.165, 1.54) is 0 Å². The van der Waals surface area contributed by atoms with Crippen LogP contribution in [0.25, 0.3) is 0 Å². The topological polar surface area (TPSA) is 79.0 Å². The summed E-state index contributed by atoms with van der Waals surface area (Å²) in [6.07, 6.45) is -1.29. The van der Waals surface area contributed by atoms with Gasteiger partial charge in [0.15, 0.2) is 0 Å². The van der Waals surface area contributed by atoms with E-state index in [9.17, 15) is 10.2 Å². The lowest BCUT2D eigenvalue weighted by atomic mass is 10.1. The minimum Gasteiger partial charge on any atom is -0.496 e. The highest BCUT2D eigenvalue weighted by Gasteiger charge is 2.29. The van der Waals surface area contributed by atoms with Crippen molar-refractivity contribution < 1.29 is 14.9 Å². The van der Waals surface area contributed by atoms with Crippen molar-refractivity contribution in [2.24, 2.45) is 5.73 Å². The molecule has 2 unspecified atom stereocenters. The third kappa shape index (κ3) is 2.81. The predicted molar refractivity (Wildman–Crippen MR) is 68.2 cm³/mol. The lowest BCUT2D eigenvalue weighted by molar-refractivity contribution is 0.0572. The van der Waals surface area contributed by atoms with Gasteiger partial charge in [-0.1, -0.05) is 12.1 Å². The number of nitrogens with zero attached hydrogens (tertiary/aromatic N) is 1. The van der Waals surface area contributed by atoms with Crippen molar-refractivity contribution >= 4 is 0 Å². The van der Waals surface area contributed by atoms with E-state index in [1.54, 1.807) is 7.11 Å². The quantitative estimate of drug-likeness (QED) is 0.685. The molecular weight excluding hydrogens is 232 g/mol. The van der Waals surface area contributed by atoms with Crippen LogP contribution in [0.1, 0.15) is 11.1 Å². The van der Waals surface area contributed by atoms with E-state index < -0.39 is 12.2 Å². The normalized spacial score (nSPS) is 24.4. The fourth-order valence-corrected chi connectivity index (χ4v) is 2.29. The largest absolute Gasteiger partial charge is 0.496 e. The lowest BCUT2D eigenvalue weighted by Gasteiger charge is -2.16. The van der Waals surface area contributed by atoms with Crippen LogP contribution < -0.4 is 10.5 Å². The van der Waals surface area contributed by atoms with Crippen molar-refractivity contribution in [1.29, 1.82) is 0 Å². The van der Waals surface area contributed by atoms with E-state index in [0.29, 0.717) is 26.2 Å². The van der Waals surface area contributed by atoms with Crippen LogP contribution in [0.4, 0.5) is 0 Å². The molecule has 4 N–H and O–H groups in total. The molecule has 0 spiro atoms. The fourth-order valence-electron chi connectivity index (χ4n) is 2.29. The molecule has 0 bridgehead atoms. The molecule has 0 radical (unpaired) electrons. The molecule has 1 aromatic carbocycles. The Morgan fingerprint density at radius 2 is 2.00 bits per heavy atom. The second-order valence-corrected chi connectivity index (χ2v) is 4.68. The van der Waals surface area contributed by atoms with Gasteiger partial charge in [-0.15, -0.1) is 0 Å². The van der Waals surface area contributed by atoms with E-state index in [1.807, 2.05) is 23.1 Å². The maximum Gasteiger partial charge on any atom is 0.123 e. The van der Waals surface area contributed by atoms with Gasteiger partial charge < -0.3 is 20.7 Å². The van der Waals surface area contributed by atoms with Crippen LogP contribution in [0.5, 0.6) is 5.75 Å². The average molecular weight is 252 g/mol. The molecule has 0 saturated carbocycles. The van der Waals surface area contributed by atoms with E-state index in [0.717, 1.165) is 16.9 Å². The van der Waals surface area contributed by atoms with Crippen molar-refractivity contribution in [3.05, 3.63) is 29.3 Å². The number of likely N-dealkylation sites (tertiary alicyclic amines) is 1.